The molecule has 1 atom stereocenters. The highest BCUT2D eigenvalue weighted by Gasteiger charge is 2.45. The SMILES string of the molecule is CCC1(C)Oc2cc(C(F)(F)F)c(CC(=O)O)cc2N(CCNC(=O)OC)C1=O. The van der Waals surface area contributed by atoms with E-state index in [-0.39, 0.29) is 30.9 Å². The van der Waals surface area contributed by atoms with Gasteiger partial charge in [0.25, 0.3) is 5.91 Å². The van der Waals surface area contributed by atoms with Crippen LogP contribution in [-0.2, 0) is 26.9 Å². The molecule has 1 aromatic rings. The van der Waals surface area contributed by atoms with Crippen LogP contribution >= 0.6 is 0 Å². The third-order valence-corrected chi connectivity index (χ3v) is 4.62. The van der Waals surface area contributed by atoms with Crippen molar-refractivity contribution in [2.45, 2.75) is 38.5 Å². The first-order chi connectivity index (χ1) is 13.4. The van der Waals surface area contributed by atoms with E-state index < -0.39 is 47.3 Å². The molecule has 1 aliphatic heterocycles. The van der Waals surface area contributed by atoms with Crippen LogP contribution in [0.2, 0.25) is 0 Å². The number of aliphatic carboxylic acids is 1. The number of ether oxygens (including phenoxy) is 2. The zero-order valence-corrected chi connectivity index (χ0v) is 16.1. The van der Waals surface area contributed by atoms with Crippen molar-refractivity contribution >= 4 is 23.7 Å². The van der Waals surface area contributed by atoms with Crippen LogP contribution in [0.4, 0.5) is 23.7 Å². The van der Waals surface area contributed by atoms with Gasteiger partial charge in [-0.15, -0.1) is 0 Å². The number of carbonyl (C=O) groups is 3. The van der Waals surface area contributed by atoms with Crippen LogP contribution in [-0.4, -0.2) is 48.9 Å². The fourth-order valence-electron chi connectivity index (χ4n) is 2.95. The lowest BCUT2D eigenvalue weighted by atomic mass is 9.95. The van der Waals surface area contributed by atoms with E-state index in [1.165, 1.54) is 11.8 Å². The molecule has 0 aliphatic carbocycles. The van der Waals surface area contributed by atoms with Crippen LogP contribution < -0.4 is 15.0 Å². The number of hydrogen-bond acceptors (Lipinski definition) is 5. The minimum Gasteiger partial charge on any atom is -0.481 e. The number of benzene rings is 1. The van der Waals surface area contributed by atoms with Gasteiger partial charge in [-0.05, 0) is 31.0 Å². The Morgan fingerprint density at radius 3 is 2.52 bits per heavy atom. The maximum Gasteiger partial charge on any atom is 0.416 e. The first-order valence-corrected chi connectivity index (χ1v) is 8.71. The topological polar surface area (TPSA) is 105 Å². The van der Waals surface area contributed by atoms with Gasteiger partial charge in [-0.1, -0.05) is 6.92 Å². The average Bonchev–Trinajstić information content (AvgIpc) is 2.63. The molecule has 2 amide bonds. The van der Waals surface area contributed by atoms with Crippen molar-refractivity contribution in [2.24, 2.45) is 0 Å². The number of alkyl halides is 3. The lowest BCUT2D eigenvalue weighted by molar-refractivity contribution is -0.140. The monoisotopic (exact) mass is 418 g/mol. The second kappa shape index (κ2) is 8.18. The zero-order chi connectivity index (χ0) is 22.0. The van der Waals surface area contributed by atoms with Crippen molar-refractivity contribution < 1.29 is 42.1 Å². The Bertz CT molecular complexity index is 827. The van der Waals surface area contributed by atoms with Crippen LogP contribution in [0.5, 0.6) is 5.75 Å². The van der Waals surface area contributed by atoms with E-state index in [0.717, 1.165) is 13.2 Å². The molecule has 2 rings (SSSR count). The third-order valence-electron chi connectivity index (χ3n) is 4.62. The lowest BCUT2D eigenvalue weighted by Crippen LogP contribution is -2.55. The molecule has 11 heteroatoms. The van der Waals surface area contributed by atoms with E-state index in [4.69, 9.17) is 9.84 Å². The number of anilines is 1. The minimum absolute atomic E-state index is 0.0110. The van der Waals surface area contributed by atoms with E-state index in [1.54, 1.807) is 6.92 Å². The summed E-state index contributed by atoms with van der Waals surface area (Å²) in [6, 6.07) is 1.71. The van der Waals surface area contributed by atoms with Gasteiger partial charge in [-0.2, -0.15) is 13.2 Å². The molecule has 0 aromatic heterocycles. The van der Waals surface area contributed by atoms with E-state index in [0.29, 0.717) is 6.07 Å². The van der Waals surface area contributed by atoms with Crippen LogP contribution in [0.15, 0.2) is 12.1 Å². The molecule has 0 bridgehead atoms. The summed E-state index contributed by atoms with van der Waals surface area (Å²) in [4.78, 5) is 36.4. The maximum absolute atomic E-state index is 13.5. The van der Waals surface area contributed by atoms with Gasteiger partial charge in [0, 0.05) is 13.1 Å². The number of carbonyl (C=O) groups excluding carboxylic acids is 2. The summed E-state index contributed by atoms with van der Waals surface area (Å²) in [6.07, 6.45) is -6.23. The third kappa shape index (κ3) is 4.72. The van der Waals surface area contributed by atoms with Crippen molar-refractivity contribution in [3.63, 3.8) is 0 Å². The standard InChI is InChI=1S/C18H21F3N2O6/c1-4-17(2)15(26)23(6-5-22-16(27)28-3)12-7-10(8-14(24)25)11(18(19,20)21)9-13(12)29-17/h7,9H,4-6,8H2,1-3H3,(H,22,27)(H,24,25). The van der Waals surface area contributed by atoms with Gasteiger partial charge >= 0.3 is 18.2 Å². The number of nitrogens with one attached hydrogen (secondary N) is 1. The molecule has 160 valence electrons. The summed E-state index contributed by atoms with van der Waals surface area (Å²) in [5, 5.41) is 11.4. The normalized spacial score (nSPS) is 18.7. The number of alkyl carbamates (subject to hydrolysis) is 1. The summed E-state index contributed by atoms with van der Waals surface area (Å²) in [7, 11) is 1.16. The zero-order valence-electron chi connectivity index (χ0n) is 16.1. The molecule has 2 N–H and O–H groups in total. The van der Waals surface area contributed by atoms with Crippen LogP contribution in [0, 0.1) is 0 Å². The summed E-state index contributed by atoms with van der Waals surface area (Å²) in [5.41, 5.74) is -3.03. The summed E-state index contributed by atoms with van der Waals surface area (Å²) < 4.78 is 50.4. The Labute approximate surface area is 164 Å². The molecule has 0 fully saturated rings. The number of rotatable bonds is 6. The number of nitrogens with zero attached hydrogens (tertiary/aromatic N) is 1. The van der Waals surface area contributed by atoms with Crippen LogP contribution in [0.25, 0.3) is 0 Å². The van der Waals surface area contributed by atoms with Gasteiger partial charge in [0.1, 0.15) is 5.75 Å². The van der Waals surface area contributed by atoms with Gasteiger partial charge < -0.3 is 24.8 Å². The first kappa shape index (κ1) is 22.3. The molecule has 1 aliphatic rings. The Kier molecular flexibility index (Phi) is 6.29. The maximum atomic E-state index is 13.5. The fraction of sp³-hybridized carbons (Fsp3) is 0.500. The molecular weight excluding hydrogens is 397 g/mol. The molecule has 8 nitrogen and oxygen atoms in total. The molecule has 0 spiro atoms. The Hall–Kier alpha value is -2.98. The predicted molar refractivity (Wildman–Crippen MR) is 94.9 cm³/mol. The molecule has 0 saturated heterocycles. The molecule has 29 heavy (non-hydrogen) atoms. The highest BCUT2D eigenvalue weighted by Crippen LogP contribution is 2.44. The second-order valence-corrected chi connectivity index (χ2v) is 6.61. The van der Waals surface area contributed by atoms with Gasteiger partial charge in [-0.25, -0.2) is 4.79 Å². The van der Waals surface area contributed by atoms with Gasteiger partial charge in [-0.3, -0.25) is 9.59 Å². The number of fused-ring (bicyclic) bond motifs is 1. The van der Waals surface area contributed by atoms with E-state index >= 15 is 0 Å². The quantitative estimate of drug-likeness (QED) is 0.736. The summed E-state index contributed by atoms with van der Waals surface area (Å²) in [6.45, 7) is 3.00. The Morgan fingerprint density at radius 2 is 2.00 bits per heavy atom. The number of halogens is 3. The van der Waals surface area contributed by atoms with Crippen molar-refractivity contribution in [1.82, 2.24) is 5.32 Å². The lowest BCUT2D eigenvalue weighted by Gasteiger charge is -2.41. The van der Waals surface area contributed by atoms with Gasteiger partial charge in [0.15, 0.2) is 5.60 Å². The predicted octanol–water partition coefficient (Wildman–Crippen LogP) is 2.58. The smallest absolute Gasteiger partial charge is 0.416 e. The van der Waals surface area contributed by atoms with E-state index in [1.807, 2.05) is 0 Å². The largest absolute Gasteiger partial charge is 0.481 e. The highest BCUT2D eigenvalue weighted by atomic mass is 19.4. The van der Waals surface area contributed by atoms with Gasteiger partial charge in [0.05, 0.1) is 24.8 Å². The van der Waals surface area contributed by atoms with E-state index in [9.17, 15) is 27.6 Å². The molecule has 0 saturated carbocycles. The second-order valence-electron chi connectivity index (χ2n) is 6.61. The number of carboxylic acid groups (broad SMARTS) is 1. The number of hydrogen-bond donors (Lipinski definition) is 2. The minimum atomic E-state index is -4.80. The summed E-state index contributed by atoms with van der Waals surface area (Å²) in [5.74, 6) is -2.15. The molecule has 1 aromatic carbocycles. The van der Waals surface area contributed by atoms with E-state index in [2.05, 4.69) is 10.1 Å². The number of carboxylic acids is 1. The molecule has 1 unspecified atom stereocenters. The fourth-order valence-corrected chi connectivity index (χ4v) is 2.95. The number of amides is 2. The first-order valence-electron chi connectivity index (χ1n) is 8.71. The molecular formula is C18H21F3N2O6. The van der Waals surface area contributed by atoms with Crippen molar-refractivity contribution in [3.8, 4) is 5.75 Å². The molecule has 1 heterocycles. The Morgan fingerprint density at radius 1 is 1.34 bits per heavy atom. The highest BCUT2D eigenvalue weighted by molar-refractivity contribution is 6.03. The average molecular weight is 418 g/mol. The Balaban J connectivity index is 2.55. The van der Waals surface area contributed by atoms with Crippen molar-refractivity contribution in [2.75, 3.05) is 25.1 Å². The summed E-state index contributed by atoms with van der Waals surface area (Å²) >= 11 is 0. The molecule has 0 radical (unpaired) electrons. The van der Waals surface area contributed by atoms with Gasteiger partial charge in [0.2, 0.25) is 0 Å². The van der Waals surface area contributed by atoms with Crippen LogP contribution in [0.3, 0.4) is 0 Å². The van der Waals surface area contributed by atoms with Crippen LogP contribution in [0.1, 0.15) is 31.4 Å². The van der Waals surface area contributed by atoms with Crippen molar-refractivity contribution in [3.05, 3.63) is 23.3 Å². The van der Waals surface area contributed by atoms with Crippen molar-refractivity contribution in [1.29, 1.82) is 0 Å². The number of methoxy groups -OCH3 is 1.